The van der Waals surface area contributed by atoms with Crippen LogP contribution in [-0.4, -0.2) is 57.3 Å². The van der Waals surface area contributed by atoms with Gasteiger partial charge in [0.05, 0.1) is 14.2 Å². The minimum Gasteiger partial charge on any atom is -0.497 e. The summed E-state index contributed by atoms with van der Waals surface area (Å²) in [5.74, 6) is 2.39. The summed E-state index contributed by atoms with van der Waals surface area (Å²) >= 11 is 0. The smallest absolute Gasteiger partial charge is 0.191 e. The summed E-state index contributed by atoms with van der Waals surface area (Å²) in [7, 11) is 5.13. The van der Waals surface area contributed by atoms with E-state index in [1.807, 2.05) is 18.2 Å². The first-order chi connectivity index (χ1) is 12.5. The number of ether oxygens (including phenoxy) is 2. The molecule has 0 aliphatic carbocycles. The first-order valence-electron chi connectivity index (χ1n) is 9.40. The molecule has 1 heterocycles. The summed E-state index contributed by atoms with van der Waals surface area (Å²) in [6, 6.07) is 5.84. The Balaban J connectivity index is 0.00000364. The van der Waals surface area contributed by atoms with Crippen LogP contribution in [0.4, 0.5) is 0 Å². The molecule has 1 aromatic carbocycles. The average Bonchev–Trinajstić information content (AvgIpc) is 2.68. The molecule has 27 heavy (non-hydrogen) atoms. The standard InChI is InChI=1S/C20H34N4O2.HI/c1-20(2,24-11-7-6-8-12-24)15-23-19(21-3)22-14-16-9-10-17(25-4)13-18(16)26-5;/h9-10,13H,6-8,11-12,14-15H2,1-5H3,(H2,21,22,23);1H. The van der Waals surface area contributed by atoms with E-state index in [9.17, 15) is 0 Å². The first-order valence-corrected chi connectivity index (χ1v) is 9.40. The molecule has 154 valence electrons. The number of methoxy groups -OCH3 is 2. The van der Waals surface area contributed by atoms with Gasteiger partial charge in [-0.15, -0.1) is 24.0 Å². The van der Waals surface area contributed by atoms with Crippen molar-refractivity contribution in [3.8, 4) is 11.5 Å². The quantitative estimate of drug-likeness (QED) is 0.349. The summed E-state index contributed by atoms with van der Waals surface area (Å²) in [6.45, 7) is 8.45. The maximum Gasteiger partial charge on any atom is 0.191 e. The molecule has 2 N–H and O–H groups in total. The van der Waals surface area contributed by atoms with E-state index in [0.717, 1.165) is 29.6 Å². The van der Waals surface area contributed by atoms with Crippen LogP contribution in [0.2, 0.25) is 0 Å². The van der Waals surface area contributed by atoms with Gasteiger partial charge in [0.15, 0.2) is 5.96 Å². The van der Waals surface area contributed by atoms with E-state index >= 15 is 0 Å². The van der Waals surface area contributed by atoms with Crippen molar-refractivity contribution in [2.75, 3.05) is 40.9 Å². The lowest BCUT2D eigenvalue weighted by Gasteiger charge is -2.41. The highest BCUT2D eigenvalue weighted by molar-refractivity contribution is 14.0. The average molecular weight is 490 g/mol. The molecule has 1 saturated heterocycles. The molecule has 0 saturated carbocycles. The van der Waals surface area contributed by atoms with Crippen molar-refractivity contribution in [2.24, 2.45) is 4.99 Å². The van der Waals surface area contributed by atoms with Crippen LogP contribution < -0.4 is 20.1 Å². The lowest BCUT2D eigenvalue weighted by atomic mass is 9.98. The largest absolute Gasteiger partial charge is 0.497 e. The minimum atomic E-state index is 0. The molecule has 0 amide bonds. The molecule has 0 spiro atoms. The number of hydrogen-bond donors (Lipinski definition) is 2. The van der Waals surface area contributed by atoms with Crippen LogP contribution in [0.1, 0.15) is 38.7 Å². The van der Waals surface area contributed by atoms with Gasteiger partial charge in [-0.1, -0.05) is 6.42 Å². The molecule has 2 rings (SSSR count). The summed E-state index contributed by atoms with van der Waals surface area (Å²) in [6.07, 6.45) is 3.95. The fourth-order valence-corrected chi connectivity index (χ4v) is 3.31. The number of guanidine groups is 1. The Morgan fingerprint density at radius 2 is 1.81 bits per heavy atom. The molecule has 1 aromatic rings. The van der Waals surface area contributed by atoms with Gasteiger partial charge in [-0.3, -0.25) is 9.89 Å². The SMILES string of the molecule is CN=C(NCc1ccc(OC)cc1OC)NCC(C)(C)N1CCCCC1.I. The predicted molar refractivity (Wildman–Crippen MR) is 123 cm³/mol. The van der Waals surface area contributed by atoms with Crippen LogP contribution in [0.15, 0.2) is 23.2 Å². The van der Waals surface area contributed by atoms with Gasteiger partial charge in [0.25, 0.3) is 0 Å². The highest BCUT2D eigenvalue weighted by Crippen LogP contribution is 2.24. The predicted octanol–water partition coefficient (Wildman–Crippen LogP) is 3.25. The monoisotopic (exact) mass is 490 g/mol. The molecule has 1 fully saturated rings. The molecule has 0 unspecified atom stereocenters. The highest BCUT2D eigenvalue weighted by atomic mass is 127. The topological polar surface area (TPSA) is 58.1 Å². The van der Waals surface area contributed by atoms with Gasteiger partial charge in [0.2, 0.25) is 0 Å². The Labute approximate surface area is 181 Å². The van der Waals surface area contributed by atoms with Crippen molar-refractivity contribution in [1.82, 2.24) is 15.5 Å². The Kier molecular flexibility index (Phi) is 10.2. The molecule has 0 atom stereocenters. The number of halogens is 1. The second-order valence-electron chi connectivity index (χ2n) is 7.32. The number of nitrogens with one attached hydrogen (secondary N) is 2. The lowest BCUT2D eigenvalue weighted by Crippen LogP contribution is -2.54. The zero-order chi connectivity index (χ0) is 19.0. The summed E-state index contributed by atoms with van der Waals surface area (Å²) in [5, 5.41) is 6.84. The van der Waals surface area contributed by atoms with Gasteiger partial charge in [-0.2, -0.15) is 0 Å². The van der Waals surface area contributed by atoms with Gasteiger partial charge in [-0.05, 0) is 51.9 Å². The van der Waals surface area contributed by atoms with E-state index in [-0.39, 0.29) is 29.5 Å². The highest BCUT2D eigenvalue weighted by Gasteiger charge is 2.27. The molecule has 1 aliphatic heterocycles. The Morgan fingerprint density at radius 3 is 2.41 bits per heavy atom. The maximum atomic E-state index is 5.46. The van der Waals surface area contributed by atoms with Crippen molar-refractivity contribution in [3.63, 3.8) is 0 Å². The number of hydrogen-bond acceptors (Lipinski definition) is 4. The molecule has 1 aliphatic rings. The van der Waals surface area contributed by atoms with Crippen LogP contribution in [0.3, 0.4) is 0 Å². The van der Waals surface area contributed by atoms with E-state index in [4.69, 9.17) is 9.47 Å². The van der Waals surface area contributed by atoms with Crippen LogP contribution >= 0.6 is 24.0 Å². The second kappa shape index (κ2) is 11.6. The normalized spacial score (nSPS) is 15.7. The number of rotatable bonds is 7. The van der Waals surface area contributed by atoms with Gasteiger partial charge in [-0.25, -0.2) is 0 Å². The van der Waals surface area contributed by atoms with Crippen molar-refractivity contribution < 1.29 is 9.47 Å². The Morgan fingerprint density at radius 1 is 1.11 bits per heavy atom. The third-order valence-electron chi connectivity index (χ3n) is 5.06. The maximum absolute atomic E-state index is 5.46. The van der Waals surface area contributed by atoms with Crippen molar-refractivity contribution in [3.05, 3.63) is 23.8 Å². The van der Waals surface area contributed by atoms with E-state index in [1.54, 1.807) is 21.3 Å². The van der Waals surface area contributed by atoms with Gasteiger partial charge < -0.3 is 20.1 Å². The van der Waals surface area contributed by atoms with Crippen molar-refractivity contribution in [1.29, 1.82) is 0 Å². The number of aliphatic imine (C=N–C) groups is 1. The molecule has 6 nitrogen and oxygen atoms in total. The molecule has 7 heteroatoms. The van der Waals surface area contributed by atoms with E-state index in [0.29, 0.717) is 6.54 Å². The molecular weight excluding hydrogens is 455 g/mol. The number of piperidine rings is 1. The van der Waals surface area contributed by atoms with E-state index in [2.05, 4.69) is 34.4 Å². The summed E-state index contributed by atoms with van der Waals surface area (Å²) in [5.41, 5.74) is 1.17. The summed E-state index contributed by atoms with van der Waals surface area (Å²) < 4.78 is 10.7. The zero-order valence-electron chi connectivity index (χ0n) is 17.3. The zero-order valence-corrected chi connectivity index (χ0v) is 19.6. The fraction of sp³-hybridized carbons (Fsp3) is 0.650. The third-order valence-corrected chi connectivity index (χ3v) is 5.06. The minimum absolute atomic E-state index is 0. The van der Waals surface area contributed by atoms with Gasteiger partial charge in [0, 0.05) is 37.3 Å². The third kappa shape index (κ3) is 7.03. The van der Waals surface area contributed by atoms with Crippen molar-refractivity contribution >= 4 is 29.9 Å². The Hall–Kier alpha value is -1.22. The van der Waals surface area contributed by atoms with Crippen LogP contribution in [-0.2, 0) is 6.54 Å². The molecule has 0 bridgehead atoms. The molecule has 0 radical (unpaired) electrons. The first kappa shape index (κ1) is 23.8. The van der Waals surface area contributed by atoms with Crippen LogP contribution in [0.25, 0.3) is 0 Å². The summed E-state index contributed by atoms with van der Waals surface area (Å²) in [4.78, 5) is 6.92. The Bertz CT molecular complexity index is 602. The van der Waals surface area contributed by atoms with E-state index in [1.165, 1.54) is 32.4 Å². The molecular formula is C20H35IN4O2. The van der Waals surface area contributed by atoms with Gasteiger partial charge >= 0.3 is 0 Å². The van der Waals surface area contributed by atoms with E-state index < -0.39 is 0 Å². The number of nitrogens with zero attached hydrogens (tertiary/aromatic N) is 2. The second-order valence-corrected chi connectivity index (χ2v) is 7.32. The lowest BCUT2D eigenvalue weighted by molar-refractivity contribution is 0.0982. The number of benzene rings is 1. The van der Waals surface area contributed by atoms with Crippen LogP contribution in [0.5, 0.6) is 11.5 Å². The number of likely N-dealkylation sites (tertiary alicyclic amines) is 1. The van der Waals surface area contributed by atoms with Crippen molar-refractivity contribution in [2.45, 2.75) is 45.2 Å². The molecule has 0 aromatic heterocycles. The van der Waals surface area contributed by atoms with Gasteiger partial charge in [0.1, 0.15) is 11.5 Å². The van der Waals surface area contributed by atoms with Crippen LogP contribution in [0, 0.1) is 0 Å². The fourth-order valence-electron chi connectivity index (χ4n) is 3.31.